The first kappa shape index (κ1) is 8.26. The van der Waals surface area contributed by atoms with Crippen LogP contribution in [0.4, 0.5) is 0 Å². The number of fused-ring (bicyclic) bond motifs is 1. The number of rotatable bonds is 0. The van der Waals surface area contributed by atoms with Gasteiger partial charge in [-0.05, 0) is 0 Å². The van der Waals surface area contributed by atoms with Gasteiger partial charge >= 0.3 is 0 Å². The smallest absolute Gasteiger partial charge is 0.287 e. The molecule has 0 aliphatic carbocycles. The largest absolute Gasteiger partial charge is 0.348 e. The molecular formula is C6H8BrN3O. The van der Waals surface area contributed by atoms with E-state index in [4.69, 9.17) is 0 Å². The Morgan fingerprint density at radius 3 is 3.18 bits per heavy atom. The van der Waals surface area contributed by atoms with Gasteiger partial charge in [0.25, 0.3) is 5.91 Å². The van der Waals surface area contributed by atoms with Crippen molar-refractivity contribution in [3.63, 3.8) is 0 Å². The number of carbonyl (C=O) groups is 1. The molecule has 0 unspecified atom stereocenters. The highest BCUT2D eigenvalue weighted by atomic mass is 79.9. The maximum Gasteiger partial charge on any atom is 0.287 e. The molecule has 1 aliphatic rings. The predicted molar refractivity (Wildman–Crippen MR) is 44.9 cm³/mol. The minimum atomic E-state index is -0.0729. The molecule has 1 aliphatic heterocycles. The van der Waals surface area contributed by atoms with Crippen LogP contribution in [0, 0.1) is 0 Å². The summed E-state index contributed by atoms with van der Waals surface area (Å²) in [6.45, 7) is 1.54. The summed E-state index contributed by atoms with van der Waals surface area (Å²) in [5.74, 6) is 0.447. The Balaban J connectivity index is 0.000000605. The maximum atomic E-state index is 11.0. The highest BCUT2D eigenvalue weighted by molar-refractivity contribution is 8.93. The Bertz CT molecular complexity index is 271. The van der Waals surface area contributed by atoms with Gasteiger partial charge in [0.1, 0.15) is 0 Å². The Morgan fingerprint density at radius 1 is 1.64 bits per heavy atom. The number of aromatic nitrogens is 2. The zero-order valence-electron chi connectivity index (χ0n) is 5.78. The number of carbonyl (C=O) groups excluding carboxylic acids is 1. The summed E-state index contributed by atoms with van der Waals surface area (Å²) in [6.07, 6.45) is 3.45. The standard InChI is InChI=1S/C6H7N3O.BrH/c10-6-5-7-1-3-9(5)4-2-8-6;/h1,3H,2,4H2,(H,8,10);1H. The van der Waals surface area contributed by atoms with Crippen LogP contribution in [0.3, 0.4) is 0 Å². The molecule has 4 nitrogen and oxygen atoms in total. The molecule has 1 aromatic rings. The van der Waals surface area contributed by atoms with E-state index in [0.29, 0.717) is 12.4 Å². The number of hydrogen-bond donors (Lipinski definition) is 1. The fraction of sp³-hybridized carbons (Fsp3) is 0.333. The SMILES string of the molecule is Br.O=C1NCCn2ccnc21. The number of nitrogens with zero attached hydrogens (tertiary/aromatic N) is 2. The number of hydrogen-bond acceptors (Lipinski definition) is 2. The van der Waals surface area contributed by atoms with Crippen LogP contribution in [0.15, 0.2) is 12.4 Å². The second kappa shape index (κ2) is 3.04. The molecule has 1 aromatic heterocycles. The Hall–Kier alpha value is -0.840. The van der Waals surface area contributed by atoms with Crippen molar-refractivity contribution in [1.82, 2.24) is 14.9 Å². The molecule has 11 heavy (non-hydrogen) atoms. The van der Waals surface area contributed by atoms with E-state index in [1.807, 2.05) is 10.8 Å². The third kappa shape index (κ3) is 1.28. The van der Waals surface area contributed by atoms with Crippen LogP contribution in [-0.2, 0) is 6.54 Å². The minimum Gasteiger partial charge on any atom is -0.348 e. The van der Waals surface area contributed by atoms with E-state index in [9.17, 15) is 4.79 Å². The molecule has 0 fully saturated rings. The molecule has 0 saturated carbocycles. The summed E-state index contributed by atoms with van der Waals surface area (Å²) >= 11 is 0. The maximum absolute atomic E-state index is 11.0. The summed E-state index contributed by atoms with van der Waals surface area (Å²) in [4.78, 5) is 14.8. The molecular weight excluding hydrogens is 210 g/mol. The van der Waals surface area contributed by atoms with E-state index < -0.39 is 0 Å². The molecule has 60 valence electrons. The molecule has 0 bridgehead atoms. The summed E-state index contributed by atoms with van der Waals surface area (Å²) in [7, 11) is 0. The monoisotopic (exact) mass is 217 g/mol. The van der Waals surface area contributed by atoms with Crippen LogP contribution in [0.5, 0.6) is 0 Å². The number of halogens is 1. The zero-order valence-corrected chi connectivity index (χ0v) is 7.49. The van der Waals surface area contributed by atoms with Gasteiger partial charge in [-0.2, -0.15) is 0 Å². The molecule has 2 heterocycles. The summed E-state index contributed by atoms with van der Waals surface area (Å²) in [5.41, 5.74) is 0. The van der Waals surface area contributed by atoms with Crippen LogP contribution in [0.2, 0.25) is 0 Å². The van der Waals surface area contributed by atoms with Crippen LogP contribution < -0.4 is 5.32 Å². The molecule has 0 atom stereocenters. The van der Waals surface area contributed by atoms with E-state index >= 15 is 0 Å². The fourth-order valence-electron chi connectivity index (χ4n) is 1.07. The first-order chi connectivity index (χ1) is 4.88. The Kier molecular flexibility index (Phi) is 2.28. The third-order valence-electron chi connectivity index (χ3n) is 1.56. The normalized spacial score (nSPS) is 14.7. The molecule has 1 N–H and O–H groups in total. The second-order valence-electron chi connectivity index (χ2n) is 2.20. The average molecular weight is 218 g/mol. The molecule has 2 rings (SSSR count). The van der Waals surface area contributed by atoms with Crippen molar-refractivity contribution in [2.24, 2.45) is 0 Å². The number of imidazole rings is 1. The second-order valence-corrected chi connectivity index (χ2v) is 2.20. The lowest BCUT2D eigenvalue weighted by atomic mass is 10.4. The molecule has 0 spiro atoms. The van der Waals surface area contributed by atoms with Crippen molar-refractivity contribution in [1.29, 1.82) is 0 Å². The van der Waals surface area contributed by atoms with Gasteiger partial charge in [-0.15, -0.1) is 17.0 Å². The van der Waals surface area contributed by atoms with Crippen molar-refractivity contribution >= 4 is 22.9 Å². The lowest BCUT2D eigenvalue weighted by Crippen LogP contribution is -2.35. The van der Waals surface area contributed by atoms with Crippen LogP contribution in [0.25, 0.3) is 0 Å². The first-order valence-corrected chi connectivity index (χ1v) is 3.17. The fourth-order valence-corrected chi connectivity index (χ4v) is 1.07. The van der Waals surface area contributed by atoms with Gasteiger partial charge in [0.05, 0.1) is 0 Å². The van der Waals surface area contributed by atoms with Gasteiger partial charge < -0.3 is 9.88 Å². The van der Waals surface area contributed by atoms with Crippen molar-refractivity contribution in [2.75, 3.05) is 6.54 Å². The van der Waals surface area contributed by atoms with Gasteiger partial charge in [-0.3, -0.25) is 4.79 Å². The molecule has 0 radical (unpaired) electrons. The number of nitrogens with one attached hydrogen (secondary N) is 1. The van der Waals surface area contributed by atoms with Gasteiger partial charge in [-0.1, -0.05) is 0 Å². The Labute approximate surface area is 74.4 Å². The van der Waals surface area contributed by atoms with Gasteiger partial charge in [0.2, 0.25) is 0 Å². The summed E-state index contributed by atoms with van der Waals surface area (Å²) in [6, 6.07) is 0. The number of amides is 1. The quantitative estimate of drug-likeness (QED) is 0.676. The highest BCUT2D eigenvalue weighted by Crippen LogP contribution is 2.00. The molecule has 0 saturated heterocycles. The van der Waals surface area contributed by atoms with Crippen molar-refractivity contribution in [2.45, 2.75) is 6.54 Å². The van der Waals surface area contributed by atoms with Gasteiger partial charge in [-0.25, -0.2) is 4.98 Å². The summed E-state index contributed by atoms with van der Waals surface area (Å²) in [5, 5.41) is 2.70. The lowest BCUT2D eigenvalue weighted by molar-refractivity contribution is 0.0922. The van der Waals surface area contributed by atoms with E-state index in [2.05, 4.69) is 10.3 Å². The van der Waals surface area contributed by atoms with Crippen molar-refractivity contribution < 1.29 is 4.79 Å². The van der Waals surface area contributed by atoms with E-state index in [1.54, 1.807) is 6.20 Å². The molecule has 5 heteroatoms. The minimum absolute atomic E-state index is 0. The van der Waals surface area contributed by atoms with Crippen LogP contribution in [-0.4, -0.2) is 22.0 Å². The first-order valence-electron chi connectivity index (χ1n) is 3.17. The zero-order chi connectivity index (χ0) is 6.97. The molecule has 0 aromatic carbocycles. The Morgan fingerprint density at radius 2 is 2.45 bits per heavy atom. The predicted octanol–water partition coefficient (Wildman–Crippen LogP) is 0.204. The van der Waals surface area contributed by atoms with Crippen LogP contribution in [0.1, 0.15) is 10.6 Å². The molecule has 1 amide bonds. The van der Waals surface area contributed by atoms with E-state index in [-0.39, 0.29) is 22.9 Å². The van der Waals surface area contributed by atoms with E-state index in [0.717, 1.165) is 6.54 Å². The van der Waals surface area contributed by atoms with Crippen molar-refractivity contribution in [3.05, 3.63) is 18.2 Å². The van der Waals surface area contributed by atoms with Gasteiger partial charge in [0.15, 0.2) is 5.82 Å². The third-order valence-corrected chi connectivity index (χ3v) is 1.56. The summed E-state index contributed by atoms with van der Waals surface area (Å²) < 4.78 is 1.85. The van der Waals surface area contributed by atoms with Crippen LogP contribution >= 0.6 is 17.0 Å². The topological polar surface area (TPSA) is 46.9 Å². The highest BCUT2D eigenvalue weighted by Gasteiger charge is 2.15. The lowest BCUT2D eigenvalue weighted by Gasteiger charge is -2.13. The van der Waals surface area contributed by atoms with Crippen molar-refractivity contribution in [3.8, 4) is 0 Å². The van der Waals surface area contributed by atoms with Gasteiger partial charge in [0, 0.05) is 25.5 Å². The average Bonchev–Trinajstić information content (AvgIpc) is 2.36. The van der Waals surface area contributed by atoms with E-state index in [1.165, 1.54) is 0 Å².